The van der Waals surface area contributed by atoms with Crippen molar-refractivity contribution in [2.24, 2.45) is 5.18 Å². The average molecular weight is 178 g/mol. The van der Waals surface area contributed by atoms with E-state index >= 15 is 0 Å². The van der Waals surface area contributed by atoms with Crippen molar-refractivity contribution in [3.8, 4) is 0 Å². The predicted octanol–water partition coefficient (Wildman–Crippen LogP) is 3.29. The van der Waals surface area contributed by atoms with Crippen molar-refractivity contribution < 1.29 is 0 Å². The van der Waals surface area contributed by atoms with Gasteiger partial charge in [-0.15, -0.1) is 4.91 Å². The molecule has 0 saturated heterocycles. The Bertz CT molecular complexity index is 302. The number of para-hydroxylation sites is 1. The molecule has 3 nitrogen and oxygen atoms in total. The van der Waals surface area contributed by atoms with Crippen LogP contribution in [0, 0.1) is 4.91 Å². The van der Waals surface area contributed by atoms with Gasteiger partial charge >= 0.3 is 0 Å². The lowest BCUT2D eigenvalue weighted by molar-refractivity contribution is 0.634. The highest BCUT2D eigenvalue weighted by atomic mass is 16.3. The van der Waals surface area contributed by atoms with E-state index in [1.165, 1.54) is 0 Å². The van der Waals surface area contributed by atoms with Crippen molar-refractivity contribution in [2.75, 3.05) is 5.32 Å². The van der Waals surface area contributed by atoms with Crippen LogP contribution in [0.5, 0.6) is 0 Å². The topological polar surface area (TPSA) is 41.5 Å². The standard InChI is InChI=1S/C10H14N2O/c1-10(2,3)11-8-6-4-5-7-9(8)12-13/h4-7,11H,1-3H3. The summed E-state index contributed by atoms with van der Waals surface area (Å²) < 4.78 is 0. The van der Waals surface area contributed by atoms with E-state index in [1.54, 1.807) is 12.1 Å². The largest absolute Gasteiger partial charge is 0.379 e. The molecule has 0 aliphatic carbocycles. The highest BCUT2D eigenvalue weighted by molar-refractivity contribution is 5.65. The number of hydrogen-bond acceptors (Lipinski definition) is 3. The normalized spacial score (nSPS) is 11.0. The van der Waals surface area contributed by atoms with E-state index in [0.29, 0.717) is 5.69 Å². The first-order valence-electron chi connectivity index (χ1n) is 4.23. The van der Waals surface area contributed by atoms with E-state index in [2.05, 4.69) is 10.5 Å². The Morgan fingerprint density at radius 3 is 2.38 bits per heavy atom. The molecular formula is C10H14N2O. The summed E-state index contributed by atoms with van der Waals surface area (Å²) in [6.45, 7) is 6.11. The van der Waals surface area contributed by atoms with Gasteiger partial charge in [-0.1, -0.05) is 12.1 Å². The first-order valence-corrected chi connectivity index (χ1v) is 4.23. The molecule has 0 radical (unpaired) electrons. The average Bonchev–Trinajstić information content (AvgIpc) is 2.02. The van der Waals surface area contributed by atoms with Gasteiger partial charge in [-0.3, -0.25) is 0 Å². The third-order valence-corrected chi connectivity index (χ3v) is 1.51. The first-order chi connectivity index (χ1) is 6.03. The summed E-state index contributed by atoms with van der Waals surface area (Å²) in [7, 11) is 0. The molecular weight excluding hydrogens is 164 g/mol. The molecule has 0 bridgehead atoms. The van der Waals surface area contributed by atoms with Crippen molar-refractivity contribution in [1.29, 1.82) is 0 Å². The van der Waals surface area contributed by atoms with Crippen LogP contribution in [0.1, 0.15) is 20.8 Å². The molecule has 0 aliphatic heterocycles. The Morgan fingerprint density at radius 1 is 1.23 bits per heavy atom. The third-order valence-electron chi connectivity index (χ3n) is 1.51. The van der Waals surface area contributed by atoms with E-state index in [-0.39, 0.29) is 5.54 Å². The molecule has 3 heteroatoms. The molecule has 13 heavy (non-hydrogen) atoms. The number of nitrogens with zero attached hydrogens (tertiary/aromatic N) is 1. The lowest BCUT2D eigenvalue weighted by Crippen LogP contribution is -2.25. The molecule has 1 aromatic carbocycles. The fourth-order valence-corrected chi connectivity index (χ4v) is 1.06. The molecule has 0 fully saturated rings. The Morgan fingerprint density at radius 2 is 1.85 bits per heavy atom. The molecule has 70 valence electrons. The number of nitrogens with one attached hydrogen (secondary N) is 1. The van der Waals surface area contributed by atoms with Crippen molar-refractivity contribution >= 4 is 11.4 Å². The quantitative estimate of drug-likeness (QED) is 0.706. The van der Waals surface area contributed by atoms with Crippen LogP contribution in [0.2, 0.25) is 0 Å². The molecule has 0 aromatic heterocycles. The summed E-state index contributed by atoms with van der Waals surface area (Å²) in [5.74, 6) is 0. The van der Waals surface area contributed by atoms with Crippen molar-refractivity contribution in [1.82, 2.24) is 0 Å². The molecule has 0 atom stereocenters. The van der Waals surface area contributed by atoms with Crippen LogP contribution in [-0.2, 0) is 0 Å². The van der Waals surface area contributed by atoms with Crippen LogP contribution < -0.4 is 5.32 Å². The van der Waals surface area contributed by atoms with Crippen molar-refractivity contribution in [3.05, 3.63) is 29.2 Å². The molecule has 1 N–H and O–H groups in total. The highest BCUT2D eigenvalue weighted by Crippen LogP contribution is 2.26. The molecule has 1 rings (SSSR count). The number of rotatable bonds is 2. The van der Waals surface area contributed by atoms with E-state index in [9.17, 15) is 4.91 Å². The van der Waals surface area contributed by atoms with Crippen LogP contribution in [-0.4, -0.2) is 5.54 Å². The Kier molecular flexibility index (Phi) is 2.66. The van der Waals surface area contributed by atoms with E-state index in [4.69, 9.17) is 0 Å². The minimum Gasteiger partial charge on any atom is -0.379 e. The minimum absolute atomic E-state index is 0.0548. The van der Waals surface area contributed by atoms with Gasteiger partial charge in [0.1, 0.15) is 5.69 Å². The summed E-state index contributed by atoms with van der Waals surface area (Å²) in [5.41, 5.74) is 1.18. The molecule has 0 spiro atoms. The van der Waals surface area contributed by atoms with E-state index < -0.39 is 0 Å². The van der Waals surface area contributed by atoms with Gasteiger partial charge in [0.15, 0.2) is 0 Å². The lowest BCUT2D eigenvalue weighted by Gasteiger charge is -2.22. The predicted molar refractivity (Wildman–Crippen MR) is 55.3 cm³/mol. The van der Waals surface area contributed by atoms with E-state index in [0.717, 1.165) is 5.69 Å². The fraction of sp³-hybridized carbons (Fsp3) is 0.400. The summed E-state index contributed by atoms with van der Waals surface area (Å²) in [6, 6.07) is 7.22. The Labute approximate surface area is 78.1 Å². The van der Waals surface area contributed by atoms with Gasteiger partial charge in [-0.25, -0.2) is 0 Å². The van der Waals surface area contributed by atoms with Gasteiger partial charge in [-0.2, -0.15) is 0 Å². The Hall–Kier alpha value is -1.38. The van der Waals surface area contributed by atoms with E-state index in [1.807, 2.05) is 32.9 Å². The second kappa shape index (κ2) is 3.56. The molecule has 1 aromatic rings. The summed E-state index contributed by atoms with van der Waals surface area (Å²) in [6.07, 6.45) is 0. The minimum atomic E-state index is -0.0548. The van der Waals surface area contributed by atoms with Gasteiger partial charge in [0.2, 0.25) is 0 Å². The second-order valence-corrected chi connectivity index (χ2v) is 3.98. The molecule has 0 heterocycles. The lowest BCUT2D eigenvalue weighted by atomic mass is 10.1. The van der Waals surface area contributed by atoms with Gasteiger partial charge in [0.25, 0.3) is 0 Å². The maximum Gasteiger partial charge on any atom is 0.131 e. The van der Waals surface area contributed by atoms with Gasteiger partial charge < -0.3 is 5.32 Å². The van der Waals surface area contributed by atoms with Crippen molar-refractivity contribution in [3.63, 3.8) is 0 Å². The summed E-state index contributed by atoms with van der Waals surface area (Å²) in [4.78, 5) is 10.4. The number of anilines is 1. The first kappa shape index (κ1) is 9.71. The molecule has 0 saturated carbocycles. The molecule has 0 amide bonds. The van der Waals surface area contributed by atoms with Crippen LogP contribution in [0.3, 0.4) is 0 Å². The zero-order valence-electron chi connectivity index (χ0n) is 8.16. The third kappa shape index (κ3) is 2.86. The summed E-state index contributed by atoms with van der Waals surface area (Å²) in [5, 5.41) is 6.15. The molecule has 0 aliphatic rings. The van der Waals surface area contributed by atoms with Gasteiger partial charge in [-0.05, 0) is 38.1 Å². The number of benzene rings is 1. The van der Waals surface area contributed by atoms with Gasteiger partial charge in [0.05, 0.1) is 5.69 Å². The summed E-state index contributed by atoms with van der Waals surface area (Å²) >= 11 is 0. The maximum absolute atomic E-state index is 10.4. The smallest absolute Gasteiger partial charge is 0.131 e. The zero-order chi connectivity index (χ0) is 9.90. The highest BCUT2D eigenvalue weighted by Gasteiger charge is 2.11. The van der Waals surface area contributed by atoms with Crippen molar-refractivity contribution in [2.45, 2.75) is 26.3 Å². The van der Waals surface area contributed by atoms with Crippen LogP contribution >= 0.6 is 0 Å². The SMILES string of the molecule is CC(C)(C)Nc1ccccc1N=O. The fourth-order valence-electron chi connectivity index (χ4n) is 1.06. The zero-order valence-corrected chi connectivity index (χ0v) is 8.16. The van der Waals surface area contributed by atoms with Crippen LogP contribution in [0.25, 0.3) is 0 Å². The van der Waals surface area contributed by atoms with Crippen LogP contribution in [0.4, 0.5) is 11.4 Å². The number of nitroso groups, excluding NO2 is 1. The Balaban J connectivity index is 2.94. The van der Waals surface area contributed by atoms with Gasteiger partial charge in [0, 0.05) is 5.54 Å². The maximum atomic E-state index is 10.4. The number of hydrogen-bond donors (Lipinski definition) is 1. The second-order valence-electron chi connectivity index (χ2n) is 3.98. The monoisotopic (exact) mass is 178 g/mol. The molecule has 0 unspecified atom stereocenters. The van der Waals surface area contributed by atoms with Crippen LogP contribution in [0.15, 0.2) is 29.4 Å².